The summed E-state index contributed by atoms with van der Waals surface area (Å²) in [6, 6.07) is 0.386. The monoisotopic (exact) mass is 213 g/mol. The number of aliphatic hydroxyl groups excluding tert-OH is 1. The Bertz CT molecular complexity index is 174. The van der Waals surface area contributed by atoms with Gasteiger partial charge in [0.15, 0.2) is 0 Å². The van der Waals surface area contributed by atoms with Crippen molar-refractivity contribution < 1.29 is 9.90 Å². The first kappa shape index (κ1) is 12.5. The van der Waals surface area contributed by atoms with Crippen molar-refractivity contribution in [3.63, 3.8) is 0 Å². The van der Waals surface area contributed by atoms with Crippen LogP contribution in [0.2, 0.25) is 0 Å². The van der Waals surface area contributed by atoms with Gasteiger partial charge in [-0.15, -0.1) is 0 Å². The molecule has 0 spiro atoms. The topological polar surface area (TPSA) is 49.3 Å². The van der Waals surface area contributed by atoms with E-state index >= 15 is 0 Å². The third-order valence-corrected chi connectivity index (χ3v) is 3.03. The summed E-state index contributed by atoms with van der Waals surface area (Å²) in [4.78, 5) is 11.4. The second-order valence-electron chi connectivity index (χ2n) is 4.44. The molecule has 3 heteroatoms. The van der Waals surface area contributed by atoms with E-state index in [9.17, 15) is 4.79 Å². The Kier molecular flexibility index (Phi) is 6.41. The van der Waals surface area contributed by atoms with Crippen LogP contribution in [-0.4, -0.2) is 23.7 Å². The smallest absolute Gasteiger partial charge is 0.220 e. The maximum absolute atomic E-state index is 11.4. The highest BCUT2D eigenvalue weighted by atomic mass is 16.3. The molecule has 2 N–H and O–H groups in total. The van der Waals surface area contributed by atoms with Crippen LogP contribution in [-0.2, 0) is 4.79 Å². The van der Waals surface area contributed by atoms with Crippen LogP contribution < -0.4 is 5.32 Å². The van der Waals surface area contributed by atoms with E-state index in [1.807, 2.05) is 0 Å². The number of carbonyl (C=O) groups excluding carboxylic acids is 1. The van der Waals surface area contributed by atoms with Gasteiger partial charge in [0, 0.05) is 19.1 Å². The second-order valence-corrected chi connectivity index (χ2v) is 4.44. The van der Waals surface area contributed by atoms with Crippen molar-refractivity contribution >= 4 is 5.91 Å². The molecule has 0 saturated heterocycles. The van der Waals surface area contributed by atoms with Gasteiger partial charge in [-0.05, 0) is 19.3 Å². The van der Waals surface area contributed by atoms with E-state index in [0.717, 1.165) is 12.8 Å². The van der Waals surface area contributed by atoms with Crippen molar-refractivity contribution in [3.8, 4) is 0 Å². The molecular weight excluding hydrogens is 190 g/mol. The lowest BCUT2D eigenvalue weighted by molar-refractivity contribution is -0.122. The summed E-state index contributed by atoms with van der Waals surface area (Å²) >= 11 is 0. The number of aliphatic hydroxyl groups is 1. The first-order valence-corrected chi connectivity index (χ1v) is 6.23. The minimum Gasteiger partial charge on any atom is -0.396 e. The molecule has 0 radical (unpaired) electrons. The van der Waals surface area contributed by atoms with Crippen molar-refractivity contribution in [2.24, 2.45) is 0 Å². The van der Waals surface area contributed by atoms with Gasteiger partial charge in [-0.25, -0.2) is 0 Å². The van der Waals surface area contributed by atoms with E-state index in [1.165, 1.54) is 32.1 Å². The van der Waals surface area contributed by atoms with Crippen molar-refractivity contribution in [3.05, 3.63) is 0 Å². The highest BCUT2D eigenvalue weighted by Crippen LogP contribution is 2.17. The molecule has 1 amide bonds. The minimum atomic E-state index is 0.106. The van der Waals surface area contributed by atoms with Crippen molar-refractivity contribution in [2.45, 2.75) is 63.8 Å². The van der Waals surface area contributed by atoms with Crippen molar-refractivity contribution in [2.75, 3.05) is 6.61 Å². The number of amides is 1. The zero-order valence-corrected chi connectivity index (χ0v) is 9.50. The summed E-state index contributed by atoms with van der Waals surface area (Å²) < 4.78 is 0. The molecule has 0 atom stereocenters. The van der Waals surface area contributed by atoms with Gasteiger partial charge >= 0.3 is 0 Å². The molecule has 0 unspecified atom stereocenters. The molecule has 88 valence electrons. The fraction of sp³-hybridized carbons (Fsp3) is 0.917. The molecule has 1 fully saturated rings. The summed E-state index contributed by atoms with van der Waals surface area (Å²) in [6.07, 6.45) is 9.76. The molecule has 1 rings (SSSR count). The van der Waals surface area contributed by atoms with E-state index < -0.39 is 0 Å². The highest BCUT2D eigenvalue weighted by molar-refractivity contribution is 5.76. The Hall–Kier alpha value is -0.570. The van der Waals surface area contributed by atoms with Gasteiger partial charge in [0.1, 0.15) is 0 Å². The summed E-state index contributed by atoms with van der Waals surface area (Å²) in [5, 5.41) is 11.7. The molecule has 1 saturated carbocycles. The fourth-order valence-electron chi connectivity index (χ4n) is 2.14. The van der Waals surface area contributed by atoms with Crippen LogP contribution in [0.15, 0.2) is 0 Å². The lowest BCUT2D eigenvalue weighted by Gasteiger charge is -2.20. The number of nitrogens with one attached hydrogen (secondary N) is 1. The van der Waals surface area contributed by atoms with Gasteiger partial charge < -0.3 is 10.4 Å². The van der Waals surface area contributed by atoms with E-state index in [4.69, 9.17) is 5.11 Å². The van der Waals surface area contributed by atoms with Gasteiger partial charge in [-0.2, -0.15) is 0 Å². The van der Waals surface area contributed by atoms with Crippen LogP contribution >= 0.6 is 0 Å². The first-order chi connectivity index (χ1) is 7.33. The Morgan fingerprint density at radius 3 is 2.33 bits per heavy atom. The molecule has 0 heterocycles. The Morgan fingerprint density at radius 2 is 1.73 bits per heavy atom. The van der Waals surface area contributed by atoms with Crippen molar-refractivity contribution in [1.82, 2.24) is 5.32 Å². The predicted octanol–water partition coefficient (Wildman–Crippen LogP) is 1.99. The van der Waals surface area contributed by atoms with Crippen LogP contribution in [0.5, 0.6) is 0 Å². The van der Waals surface area contributed by atoms with Crippen LogP contribution in [0.4, 0.5) is 0 Å². The number of carbonyl (C=O) groups is 1. The van der Waals surface area contributed by atoms with E-state index in [2.05, 4.69) is 5.32 Å². The van der Waals surface area contributed by atoms with Gasteiger partial charge in [0.2, 0.25) is 5.91 Å². The molecular formula is C12H23NO2. The Morgan fingerprint density at radius 1 is 1.13 bits per heavy atom. The number of rotatable bonds is 4. The molecule has 1 aliphatic carbocycles. The van der Waals surface area contributed by atoms with Crippen LogP contribution in [0.3, 0.4) is 0 Å². The fourth-order valence-corrected chi connectivity index (χ4v) is 2.14. The minimum absolute atomic E-state index is 0.106. The lowest BCUT2D eigenvalue weighted by Crippen LogP contribution is -2.35. The van der Waals surface area contributed by atoms with E-state index in [1.54, 1.807) is 0 Å². The van der Waals surface area contributed by atoms with Crippen LogP contribution in [0.25, 0.3) is 0 Å². The maximum Gasteiger partial charge on any atom is 0.220 e. The van der Waals surface area contributed by atoms with Crippen LogP contribution in [0, 0.1) is 0 Å². The number of hydrogen-bond acceptors (Lipinski definition) is 2. The van der Waals surface area contributed by atoms with E-state index in [-0.39, 0.29) is 12.5 Å². The largest absolute Gasteiger partial charge is 0.396 e. The number of hydrogen-bond donors (Lipinski definition) is 2. The van der Waals surface area contributed by atoms with Gasteiger partial charge in [-0.1, -0.05) is 32.1 Å². The quantitative estimate of drug-likeness (QED) is 0.750. The molecule has 15 heavy (non-hydrogen) atoms. The third kappa shape index (κ3) is 5.78. The molecule has 0 aromatic carbocycles. The van der Waals surface area contributed by atoms with Crippen molar-refractivity contribution in [1.29, 1.82) is 0 Å². The average Bonchev–Trinajstić information content (AvgIpc) is 2.19. The van der Waals surface area contributed by atoms with Gasteiger partial charge in [-0.3, -0.25) is 4.79 Å². The normalized spacial score (nSPS) is 19.3. The molecule has 0 aromatic rings. The third-order valence-electron chi connectivity index (χ3n) is 3.03. The Balaban J connectivity index is 2.19. The molecule has 3 nitrogen and oxygen atoms in total. The van der Waals surface area contributed by atoms with Crippen LogP contribution in [0.1, 0.15) is 57.8 Å². The van der Waals surface area contributed by atoms with Gasteiger partial charge in [0.25, 0.3) is 0 Å². The highest BCUT2D eigenvalue weighted by Gasteiger charge is 2.13. The maximum atomic E-state index is 11.4. The lowest BCUT2D eigenvalue weighted by atomic mass is 9.96. The predicted molar refractivity (Wildman–Crippen MR) is 60.6 cm³/mol. The zero-order chi connectivity index (χ0) is 10.9. The molecule has 0 aromatic heterocycles. The first-order valence-electron chi connectivity index (χ1n) is 6.23. The average molecular weight is 213 g/mol. The molecule has 0 aliphatic heterocycles. The summed E-state index contributed by atoms with van der Waals surface area (Å²) in [6.45, 7) is 0.109. The molecule has 0 bridgehead atoms. The van der Waals surface area contributed by atoms with E-state index in [0.29, 0.717) is 18.9 Å². The SMILES string of the molecule is O=C(CCCO)NC1CCCCCCC1. The summed E-state index contributed by atoms with van der Waals surface area (Å²) in [5.74, 6) is 0.106. The zero-order valence-electron chi connectivity index (χ0n) is 9.50. The Labute approximate surface area is 92.3 Å². The molecule has 1 aliphatic rings. The second kappa shape index (κ2) is 7.69. The summed E-state index contributed by atoms with van der Waals surface area (Å²) in [7, 11) is 0. The summed E-state index contributed by atoms with van der Waals surface area (Å²) in [5.41, 5.74) is 0. The van der Waals surface area contributed by atoms with Gasteiger partial charge in [0.05, 0.1) is 0 Å². The standard InChI is InChI=1S/C12H23NO2/c14-10-6-9-12(15)13-11-7-4-2-1-3-5-8-11/h11,14H,1-10H2,(H,13,15).